The number of methoxy groups -OCH3 is 2. The van der Waals surface area contributed by atoms with Gasteiger partial charge in [0, 0.05) is 23.6 Å². The van der Waals surface area contributed by atoms with Gasteiger partial charge in [0.25, 0.3) is 11.6 Å². The van der Waals surface area contributed by atoms with E-state index in [1.165, 1.54) is 12.1 Å². The number of nitro groups is 1. The molecule has 0 spiro atoms. The van der Waals surface area contributed by atoms with E-state index < -0.39 is 52.9 Å². The number of nitrogens with zero attached hydrogens (tertiary/aromatic N) is 1. The Kier molecular flexibility index (Phi) is 8.10. The number of rotatable bonds is 8. The summed E-state index contributed by atoms with van der Waals surface area (Å²) < 4.78 is 47.7. The molecule has 0 heterocycles. The Labute approximate surface area is 185 Å². The lowest BCUT2D eigenvalue weighted by molar-refractivity contribution is -0.384. The van der Waals surface area contributed by atoms with Gasteiger partial charge in [0.2, 0.25) is 0 Å². The number of alkyl halides is 3. The number of ether oxygens (including phenoxy) is 2. The number of nitrogens with one attached hydrogen (secondary N) is 1. The lowest BCUT2D eigenvalue weighted by atomic mass is 9.88. The number of carbonyl (C=O) groups is 3. The van der Waals surface area contributed by atoms with E-state index in [0.717, 1.165) is 38.5 Å². The molecule has 0 aliphatic carbocycles. The van der Waals surface area contributed by atoms with E-state index in [-0.39, 0.29) is 16.8 Å². The van der Waals surface area contributed by atoms with Crippen LogP contribution in [0.5, 0.6) is 0 Å². The zero-order valence-electron chi connectivity index (χ0n) is 17.4. The number of hydrogen-bond acceptors (Lipinski definition) is 7. The summed E-state index contributed by atoms with van der Waals surface area (Å²) in [6.45, 7) is 0. The van der Waals surface area contributed by atoms with E-state index in [9.17, 15) is 37.7 Å². The van der Waals surface area contributed by atoms with Crippen molar-refractivity contribution in [3.05, 3.63) is 75.3 Å². The van der Waals surface area contributed by atoms with Crippen molar-refractivity contribution < 1.29 is 42.0 Å². The molecule has 33 heavy (non-hydrogen) atoms. The zero-order valence-corrected chi connectivity index (χ0v) is 17.4. The van der Waals surface area contributed by atoms with Gasteiger partial charge in [0.1, 0.15) is 6.04 Å². The molecular weight excluding hydrogens is 449 g/mol. The van der Waals surface area contributed by atoms with Crippen LogP contribution in [0.15, 0.2) is 48.5 Å². The summed E-state index contributed by atoms with van der Waals surface area (Å²) in [7, 11) is 2.16. The lowest BCUT2D eigenvalue weighted by Crippen LogP contribution is -2.46. The van der Waals surface area contributed by atoms with Gasteiger partial charge < -0.3 is 14.8 Å². The third-order valence-corrected chi connectivity index (χ3v) is 4.76. The third kappa shape index (κ3) is 6.51. The van der Waals surface area contributed by atoms with Gasteiger partial charge in [-0.1, -0.05) is 12.1 Å². The quantitative estimate of drug-likeness (QED) is 0.358. The summed E-state index contributed by atoms with van der Waals surface area (Å²) in [5, 5.41) is 13.3. The standard InChI is InChI=1S/C21H19F3N2O7/c1-32-17(27)11-16(12-5-9-15(10-6-12)26(30)31)18(20(29)33-2)25-19(28)13-3-7-14(8-4-13)21(22,23)24/h3-10,16,18H,11H2,1-2H3,(H,25,28)/t16-,18-/m0/s1. The summed E-state index contributed by atoms with van der Waals surface area (Å²) in [5.41, 5.74) is -1.08. The number of halogens is 3. The van der Waals surface area contributed by atoms with Gasteiger partial charge in [-0.25, -0.2) is 4.79 Å². The van der Waals surface area contributed by atoms with E-state index in [2.05, 4.69) is 10.1 Å². The number of hydrogen-bond donors (Lipinski definition) is 1. The van der Waals surface area contributed by atoms with Gasteiger partial charge in [-0.15, -0.1) is 0 Å². The van der Waals surface area contributed by atoms with Crippen molar-refractivity contribution in [2.75, 3.05) is 14.2 Å². The Morgan fingerprint density at radius 1 is 1.00 bits per heavy atom. The molecule has 0 aliphatic heterocycles. The first-order chi connectivity index (χ1) is 15.5. The second kappa shape index (κ2) is 10.6. The van der Waals surface area contributed by atoms with Crippen LogP contribution in [0.2, 0.25) is 0 Å². The maximum Gasteiger partial charge on any atom is 0.416 e. The van der Waals surface area contributed by atoms with Gasteiger partial charge in [-0.05, 0) is 29.8 Å². The van der Waals surface area contributed by atoms with E-state index >= 15 is 0 Å². The predicted octanol–water partition coefficient (Wildman–Crippen LogP) is 3.23. The molecule has 0 fully saturated rings. The summed E-state index contributed by atoms with van der Waals surface area (Å²) in [6.07, 6.45) is -4.99. The predicted molar refractivity (Wildman–Crippen MR) is 107 cm³/mol. The fourth-order valence-electron chi connectivity index (χ4n) is 3.02. The van der Waals surface area contributed by atoms with Crippen LogP contribution in [-0.2, 0) is 25.2 Å². The molecule has 0 radical (unpaired) electrons. The number of esters is 2. The van der Waals surface area contributed by atoms with Crippen LogP contribution < -0.4 is 5.32 Å². The number of nitro benzene ring substituents is 1. The second-order valence-electron chi connectivity index (χ2n) is 6.78. The molecule has 0 saturated carbocycles. The van der Waals surface area contributed by atoms with E-state index in [1.54, 1.807) is 0 Å². The fourth-order valence-corrected chi connectivity index (χ4v) is 3.02. The van der Waals surface area contributed by atoms with Crippen LogP contribution in [-0.4, -0.2) is 43.0 Å². The van der Waals surface area contributed by atoms with Crippen LogP contribution >= 0.6 is 0 Å². The molecule has 0 bridgehead atoms. The molecule has 1 amide bonds. The number of amides is 1. The van der Waals surface area contributed by atoms with Gasteiger partial charge >= 0.3 is 18.1 Å². The summed E-state index contributed by atoms with van der Waals surface area (Å²) in [6, 6.07) is 6.79. The highest BCUT2D eigenvalue weighted by Gasteiger charge is 2.35. The van der Waals surface area contributed by atoms with Crippen LogP contribution in [0, 0.1) is 10.1 Å². The molecule has 176 valence electrons. The topological polar surface area (TPSA) is 125 Å². The summed E-state index contributed by atoms with van der Waals surface area (Å²) >= 11 is 0. The molecule has 0 aliphatic rings. The number of carbonyl (C=O) groups excluding carboxylic acids is 3. The second-order valence-corrected chi connectivity index (χ2v) is 6.78. The largest absolute Gasteiger partial charge is 0.469 e. The third-order valence-electron chi connectivity index (χ3n) is 4.76. The Balaban J connectivity index is 2.39. The molecule has 12 heteroatoms. The fraction of sp³-hybridized carbons (Fsp3) is 0.286. The van der Waals surface area contributed by atoms with Crippen molar-refractivity contribution >= 4 is 23.5 Å². The molecule has 0 unspecified atom stereocenters. The van der Waals surface area contributed by atoms with Crippen LogP contribution in [0.1, 0.15) is 33.8 Å². The van der Waals surface area contributed by atoms with Gasteiger partial charge in [0.15, 0.2) is 0 Å². The summed E-state index contributed by atoms with van der Waals surface area (Å²) in [4.78, 5) is 47.4. The number of non-ortho nitro benzene ring substituents is 1. The van der Waals surface area contributed by atoms with Crippen molar-refractivity contribution in [1.82, 2.24) is 5.32 Å². The highest BCUT2D eigenvalue weighted by molar-refractivity contribution is 5.97. The van der Waals surface area contributed by atoms with Crippen LogP contribution in [0.4, 0.5) is 18.9 Å². The normalized spacial score (nSPS) is 12.9. The maximum absolute atomic E-state index is 12.8. The van der Waals surface area contributed by atoms with Crippen molar-refractivity contribution in [2.24, 2.45) is 0 Å². The number of benzene rings is 2. The van der Waals surface area contributed by atoms with Crippen LogP contribution in [0.3, 0.4) is 0 Å². The molecule has 2 rings (SSSR count). The molecule has 0 aromatic heterocycles. The Morgan fingerprint density at radius 2 is 1.58 bits per heavy atom. The smallest absolute Gasteiger partial charge is 0.416 e. The first kappa shape index (κ1) is 25.3. The monoisotopic (exact) mass is 468 g/mol. The van der Waals surface area contributed by atoms with E-state index in [1.807, 2.05) is 0 Å². The highest BCUT2D eigenvalue weighted by atomic mass is 19.4. The van der Waals surface area contributed by atoms with E-state index in [0.29, 0.717) is 12.1 Å². The molecule has 2 atom stereocenters. The highest BCUT2D eigenvalue weighted by Crippen LogP contribution is 2.30. The SMILES string of the molecule is COC(=O)C[C@@H](c1ccc([N+](=O)[O-])cc1)[C@H](NC(=O)c1ccc(C(F)(F)F)cc1)C(=O)OC. The first-order valence-corrected chi connectivity index (χ1v) is 9.35. The minimum atomic E-state index is -4.59. The maximum atomic E-state index is 12.8. The molecule has 2 aromatic rings. The van der Waals surface area contributed by atoms with Gasteiger partial charge in [-0.2, -0.15) is 13.2 Å². The Hall–Kier alpha value is -3.96. The molecule has 0 saturated heterocycles. The van der Waals surface area contributed by atoms with Crippen molar-refractivity contribution in [3.8, 4) is 0 Å². The molecular formula is C21H19F3N2O7. The van der Waals surface area contributed by atoms with Crippen molar-refractivity contribution in [1.29, 1.82) is 0 Å². The van der Waals surface area contributed by atoms with Crippen LogP contribution in [0.25, 0.3) is 0 Å². The lowest BCUT2D eigenvalue weighted by Gasteiger charge is -2.26. The summed E-state index contributed by atoms with van der Waals surface area (Å²) in [5.74, 6) is -3.63. The van der Waals surface area contributed by atoms with Gasteiger partial charge in [0.05, 0.1) is 31.1 Å². The van der Waals surface area contributed by atoms with Crippen molar-refractivity contribution in [2.45, 2.75) is 24.6 Å². The zero-order chi connectivity index (χ0) is 24.8. The molecule has 1 N–H and O–H groups in total. The van der Waals surface area contributed by atoms with E-state index in [4.69, 9.17) is 4.74 Å². The Bertz CT molecular complexity index is 1020. The van der Waals surface area contributed by atoms with Crippen molar-refractivity contribution in [3.63, 3.8) is 0 Å². The average molecular weight is 468 g/mol. The minimum absolute atomic E-state index is 0.169. The first-order valence-electron chi connectivity index (χ1n) is 9.35. The molecule has 2 aromatic carbocycles. The average Bonchev–Trinajstić information content (AvgIpc) is 2.80. The Morgan fingerprint density at radius 3 is 2.03 bits per heavy atom. The van der Waals surface area contributed by atoms with Gasteiger partial charge in [-0.3, -0.25) is 19.7 Å². The minimum Gasteiger partial charge on any atom is -0.469 e. The molecule has 9 nitrogen and oxygen atoms in total.